The maximum Gasteiger partial charge on any atom is 0.323 e. The molecule has 0 amide bonds. The van der Waals surface area contributed by atoms with Crippen molar-refractivity contribution in [3.8, 4) is 5.75 Å². The first-order chi connectivity index (χ1) is 15.4. The molecule has 0 aliphatic heterocycles. The number of aliphatic carboxylic acids is 1. The Balaban J connectivity index is 1.92. The van der Waals surface area contributed by atoms with Crippen LogP contribution in [-0.4, -0.2) is 53.8 Å². The molecule has 2 unspecified atom stereocenters. The van der Waals surface area contributed by atoms with Gasteiger partial charge in [-0.3, -0.25) is 14.5 Å². The zero-order valence-electron chi connectivity index (χ0n) is 19.3. The fraction of sp³-hybridized carbons (Fsp3) is 0.462. The van der Waals surface area contributed by atoms with E-state index in [2.05, 4.69) is 18.2 Å². The van der Waals surface area contributed by atoms with E-state index < -0.39 is 24.1 Å². The van der Waals surface area contributed by atoms with Crippen molar-refractivity contribution in [2.75, 3.05) is 19.7 Å². The Bertz CT molecular complexity index is 835. The van der Waals surface area contributed by atoms with Gasteiger partial charge in [-0.05, 0) is 56.5 Å². The third-order valence-electron chi connectivity index (χ3n) is 5.45. The SMILES string of the molecule is CCN(CC)C(CCC(=O)O)C(=O)OC(C)COc1ccccc1CCc1ccccc1. The quantitative estimate of drug-likeness (QED) is 0.439. The summed E-state index contributed by atoms with van der Waals surface area (Å²) in [5, 5.41) is 9.02. The number of para-hydroxylation sites is 1. The minimum absolute atomic E-state index is 0.0735. The van der Waals surface area contributed by atoms with Gasteiger partial charge < -0.3 is 14.6 Å². The van der Waals surface area contributed by atoms with E-state index in [0.717, 1.165) is 24.2 Å². The molecule has 2 aromatic rings. The van der Waals surface area contributed by atoms with Crippen molar-refractivity contribution < 1.29 is 24.2 Å². The molecule has 1 N–H and O–H groups in total. The summed E-state index contributed by atoms with van der Waals surface area (Å²) in [6.45, 7) is 7.22. The first-order valence-corrected chi connectivity index (χ1v) is 11.4. The maximum atomic E-state index is 12.8. The van der Waals surface area contributed by atoms with Gasteiger partial charge in [0.15, 0.2) is 0 Å². The van der Waals surface area contributed by atoms with E-state index in [1.807, 2.05) is 55.1 Å². The fourth-order valence-corrected chi connectivity index (χ4v) is 3.67. The smallest absolute Gasteiger partial charge is 0.323 e. The highest BCUT2D eigenvalue weighted by atomic mass is 16.6. The molecule has 6 heteroatoms. The Labute approximate surface area is 191 Å². The second-order valence-electron chi connectivity index (χ2n) is 7.82. The molecule has 0 aliphatic rings. The number of carbonyl (C=O) groups is 2. The van der Waals surface area contributed by atoms with Crippen LogP contribution in [0.1, 0.15) is 44.7 Å². The molecule has 2 atom stereocenters. The highest BCUT2D eigenvalue weighted by Gasteiger charge is 2.27. The molecule has 6 nitrogen and oxygen atoms in total. The molecule has 0 spiro atoms. The number of nitrogens with zero attached hydrogens (tertiary/aromatic N) is 1. The van der Waals surface area contributed by atoms with Gasteiger partial charge >= 0.3 is 11.9 Å². The van der Waals surface area contributed by atoms with Crippen LogP contribution in [0.2, 0.25) is 0 Å². The molecule has 2 aromatic carbocycles. The van der Waals surface area contributed by atoms with Crippen molar-refractivity contribution in [2.45, 2.75) is 58.6 Å². The first-order valence-electron chi connectivity index (χ1n) is 11.4. The molecule has 174 valence electrons. The molecular formula is C26H35NO5. The van der Waals surface area contributed by atoms with Crippen molar-refractivity contribution in [1.29, 1.82) is 0 Å². The van der Waals surface area contributed by atoms with Crippen molar-refractivity contribution in [3.05, 3.63) is 65.7 Å². The zero-order chi connectivity index (χ0) is 23.3. The Hall–Kier alpha value is -2.86. The zero-order valence-corrected chi connectivity index (χ0v) is 19.3. The van der Waals surface area contributed by atoms with Crippen LogP contribution in [0.15, 0.2) is 54.6 Å². The molecule has 0 saturated carbocycles. The highest BCUT2D eigenvalue weighted by Crippen LogP contribution is 2.21. The molecule has 0 radical (unpaired) electrons. The van der Waals surface area contributed by atoms with Crippen LogP contribution in [-0.2, 0) is 27.2 Å². The summed E-state index contributed by atoms with van der Waals surface area (Å²) in [6.07, 6.45) is 1.48. The molecule has 0 bridgehead atoms. The second-order valence-corrected chi connectivity index (χ2v) is 7.82. The van der Waals surface area contributed by atoms with E-state index in [9.17, 15) is 9.59 Å². The van der Waals surface area contributed by atoms with Crippen LogP contribution in [0.25, 0.3) is 0 Å². The van der Waals surface area contributed by atoms with E-state index in [0.29, 0.717) is 13.1 Å². The van der Waals surface area contributed by atoms with Crippen LogP contribution < -0.4 is 4.74 Å². The number of aryl methyl sites for hydroxylation is 2. The Morgan fingerprint density at radius 2 is 1.62 bits per heavy atom. The van der Waals surface area contributed by atoms with E-state index in [-0.39, 0.29) is 19.4 Å². The van der Waals surface area contributed by atoms with Gasteiger partial charge in [0, 0.05) is 6.42 Å². The molecule has 0 fully saturated rings. The molecule has 32 heavy (non-hydrogen) atoms. The Morgan fingerprint density at radius 1 is 0.969 bits per heavy atom. The summed E-state index contributed by atoms with van der Waals surface area (Å²) in [6, 6.07) is 17.7. The largest absolute Gasteiger partial charge is 0.489 e. The molecule has 0 saturated heterocycles. The van der Waals surface area contributed by atoms with Crippen LogP contribution in [0.5, 0.6) is 5.75 Å². The van der Waals surface area contributed by atoms with Gasteiger partial charge in [-0.1, -0.05) is 62.4 Å². The van der Waals surface area contributed by atoms with Gasteiger partial charge in [-0.25, -0.2) is 0 Å². The number of carboxylic acid groups (broad SMARTS) is 1. The number of carbonyl (C=O) groups excluding carboxylic acids is 1. The average Bonchev–Trinajstić information content (AvgIpc) is 2.80. The van der Waals surface area contributed by atoms with Crippen molar-refractivity contribution >= 4 is 11.9 Å². The van der Waals surface area contributed by atoms with Gasteiger partial charge in [0.05, 0.1) is 0 Å². The lowest BCUT2D eigenvalue weighted by atomic mass is 10.0. The number of benzene rings is 2. The van der Waals surface area contributed by atoms with Gasteiger partial charge in [0.2, 0.25) is 0 Å². The first kappa shape index (κ1) is 25.4. The van der Waals surface area contributed by atoms with E-state index in [1.54, 1.807) is 6.92 Å². The van der Waals surface area contributed by atoms with E-state index in [1.165, 1.54) is 5.56 Å². The van der Waals surface area contributed by atoms with E-state index >= 15 is 0 Å². The Morgan fingerprint density at radius 3 is 2.28 bits per heavy atom. The minimum Gasteiger partial charge on any atom is -0.489 e. The van der Waals surface area contributed by atoms with Crippen LogP contribution >= 0.6 is 0 Å². The third-order valence-corrected chi connectivity index (χ3v) is 5.45. The van der Waals surface area contributed by atoms with Crippen LogP contribution in [0, 0.1) is 0 Å². The van der Waals surface area contributed by atoms with Crippen molar-refractivity contribution in [3.63, 3.8) is 0 Å². The number of rotatable bonds is 14. The van der Waals surface area contributed by atoms with Crippen LogP contribution in [0.4, 0.5) is 0 Å². The average molecular weight is 442 g/mol. The molecule has 0 aliphatic carbocycles. The Kier molecular flexibility index (Phi) is 10.7. The molecule has 2 rings (SSSR count). The lowest BCUT2D eigenvalue weighted by Gasteiger charge is -2.28. The van der Waals surface area contributed by atoms with Crippen molar-refractivity contribution in [2.24, 2.45) is 0 Å². The van der Waals surface area contributed by atoms with Gasteiger partial charge in [0.25, 0.3) is 0 Å². The number of esters is 1. The fourth-order valence-electron chi connectivity index (χ4n) is 3.67. The monoisotopic (exact) mass is 441 g/mol. The lowest BCUT2D eigenvalue weighted by Crippen LogP contribution is -2.43. The summed E-state index contributed by atoms with van der Waals surface area (Å²) in [5.74, 6) is -0.528. The number of likely N-dealkylation sites (N-methyl/N-ethyl adjacent to an activating group) is 1. The predicted molar refractivity (Wildman–Crippen MR) is 125 cm³/mol. The van der Waals surface area contributed by atoms with Gasteiger partial charge in [-0.2, -0.15) is 0 Å². The summed E-state index contributed by atoms with van der Waals surface area (Å²) in [5.41, 5.74) is 2.38. The van der Waals surface area contributed by atoms with E-state index in [4.69, 9.17) is 14.6 Å². The predicted octanol–water partition coefficient (Wildman–Crippen LogP) is 4.36. The maximum absolute atomic E-state index is 12.8. The third kappa shape index (κ3) is 8.35. The lowest BCUT2D eigenvalue weighted by molar-refractivity contribution is -0.156. The molecular weight excluding hydrogens is 406 g/mol. The van der Waals surface area contributed by atoms with Gasteiger partial charge in [-0.15, -0.1) is 0 Å². The molecule has 0 heterocycles. The normalized spacial score (nSPS) is 12.9. The van der Waals surface area contributed by atoms with Gasteiger partial charge in [0.1, 0.15) is 24.5 Å². The summed E-state index contributed by atoms with van der Waals surface area (Å²) in [4.78, 5) is 25.7. The topological polar surface area (TPSA) is 76.1 Å². The second kappa shape index (κ2) is 13.5. The van der Waals surface area contributed by atoms with Crippen molar-refractivity contribution in [1.82, 2.24) is 4.90 Å². The summed E-state index contributed by atoms with van der Waals surface area (Å²) in [7, 11) is 0. The highest BCUT2D eigenvalue weighted by molar-refractivity contribution is 5.77. The number of hydrogen-bond donors (Lipinski definition) is 1. The number of ether oxygens (including phenoxy) is 2. The molecule has 0 aromatic heterocycles. The summed E-state index contributed by atoms with van der Waals surface area (Å²) >= 11 is 0. The standard InChI is InChI=1S/C26H35NO5/c1-4-27(5-2)23(17-18-25(28)29)26(30)32-20(3)19-31-24-14-10-9-13-22(24)16-15-21-11-7-6-8-12-21/h6-14,20,23H,4-5,15-19H2,1-3H3,(H,28,29). The minimum atomic E-state index is -0.918. The van der Waals surface area contributed by atoms with Crippen LogP contribution in [0.3, 0.4) is 0 Å². The number of hydrogen-bond acceptors (Lipinski definition) is 5. The number of carboxylic acids is 1. The summed E-state index contributed by atoms with van der Waals surface area (Å²) < 4.78 is 11.6.